The maximum Gasteiger partial charge on any atom is 0.277 e. The van der Waals surface area contributed by atoms with Crippen molar-refractivity contribution in [3.05, 3.63) is 111 Å². The summed E-state index contributed by atoms with van der Waals surface area (Å²) in [6, 6.07) is 21.0. The van der Waals surface area contributed by atoms with E-state index < -0.39 is 5.91 Å². The van der Waals surface area contributed by atoms with Gasteiger partial charge in [-0.25, -0.2) is 5.01 Å². The highest BCUT2D eigenvalue weighted by atomic mass is 35.5. The van der Waals surface area contributed by atoms with Gasteiger partial charge in [0, 0.05) is 16.7 Å². The molecule has 0 aliphatic carbocycles. The van der Waals surface area contributed by atoms with E-state index >= 15 is 0 Å². The van der Waals surface area contributed by atoms with E-state index in [1.165, 1.54) is 5.01 Å². The van der Waals surface area contributed by atoms with E-state index in [2.05, 4.69) is 5.43 Å². The number of carbonyl (C=O) groups is 2. The van der Waals surface area contributed by atoms with Crippen LogP contribution in [0, 0.1) is 0 Å². The molecule has 7 heteroatoms. The summed E-state index contributed by atoms with van der Waals surface area (Å²) in [5, 5.41) is 1.96. The smallest absolute Gasteiger partial charge is 0.277 e. The molecular formula is C25H18Cl2N2O3. The molecule has 0 atom stereocenters. The Morgan fingerprint density at radius 3 is 2.34 bits per heavy atom. The zero-order valence-electron chi connectivity index (χ0n) is 17.0. The standard InChI is InChI=1S/C25H18Cl2N2O3/c1-32-20-10-7-16(8-11-20)13-19-15-23(18-9-12-21(26)22(27)14-18)29(28-24(19)30)25(31)17-5-3-2-4-6-17/h2-15H,1H3,(H,28,30)/b19-13+. The first kappa shape index (κ1) is 21.7. The molecule has 0 spiro atoms. The Kier molecular flexibility index (Phi) is 6.30. The molecule has 3 aromatic carbocycles. The number of hydrogen-bond donors (Lipinski definition) is 1. The van der Waals surface area contributed by atoms with Crippen molar-refractivity contribution in [1.82, 2.24) is 10.4 Å². The third-order valence-corrected chi connectivity index (χ3v) is 5.62. The van der Waals surface area contributed by atoms with E-state index in [0.717, 1.165) is 5.56 Å². The van der Waals surface area contributed by atoms with Crippen LogP contribution in [0.3, 0.4) is 0 Å². The number of methoxy groups -OCH3 is 1. The average molecular weight is 465 g/mol. The number of rotatable bonds is 4. The number of hydrazine groups is 1. The van der Waals surface area contributed by atoms with Crippen LogP contribution in [-0.2, 0) is 4.79 Å². The summed E-state index contributed by atoms with van der Waals surface area (Å²) in [5.74, 6) is -0.0689. The van der Waals surface area contributed by atoms with Crippen LogP contribution >= 0.6 is 23.2 Å². The zero-order valence-corrected chi connectivity index (χ0v) is 18.5. The lowest BCUT2D eigenvalue weighted by Crippen LogP contribution is -2.47. The molecule has 4 rings (SSSR count). The first-order valence-electron chi connectivity index (χ1n) is 9.69. The molecule has 32 heavy (non-hydrogen) atoms. The van der Waals surface area contributed by atoms with E-state index in [1.54, 1.807) is 61.7 Å². The molecule has 0 bridgehead atoms. The van der Waals surface area contributed by atoms with Crippen LogP contribution in [0.15, 0.2) is 84.4 Å². The van der Waals surface area contributed by atoms with Gasteiger partial charge in [-0.1, -0.05) is 59.6 Å². The van der Waals surface area contributed by atoms with E-state index in [1.807, 2.05) is 30.3 Å². The van der Waals surface area contributed by atoms with Crippen molar-refractivity contribution >= 4 is 46.8 Å². The summed E-state index contributed by atoms with van der Waals surface area (Å²) in [6.07, 6.45) is 3.39. The summed E-state index contributed by atoms with van der Waals surface area (Å²) in [5.41, 5.74) is 5.42. The lowest BCUT2D eigenvalue weighted by atomic mass is 10.0. The van der Waals surface area contributed by atoms with Crippen LogP contribution in [0.4, 0.5) is 0 Å². The second-order valence-electron chi connectivity index (χ2n) is 6.98. The molecule has 0 saturated heterocycles. The summed E-state index contributed by atoms with van der Waals surface area (Å²) in [7, 11) is 1.59. The Morgan fingerprint density at radius 1 is 0.969 bits per heavy atom. The highest BCUT2D eigenvalue weighted by Crippen LogP contribution is 2.31. The topological polar surface area (TPSA) is 58.6 Å². The Balaban J connectivity index is 1.80. The van der Waals surface area contributed by atoms with Gasteiger partial charge in [0.15, 0.2) is 0 Å². The predicted molar refractivity (Wildman–Crippen MR) is 126 cm³/mol. The minimum absolute atomic E-state index is 0.342. The molecule has 0 fully saturated rings. The van der Waals surface area contributed by atoms with Crippen LogP contribution in [0.25, 0.3) is 11.8 Å². The van der Waals surface area contributed by atoms with Gasteiger partial charge < -0.3 is 4.74 Å². The quantitative estimate of drug-likeness (QED) is 0.510. The van der Waals surface area contributed by atoms with Crippen LogP contribution < -0.4 is 10.2 Å². The number of carbonyl (C=O) groups excluding carboxylic acids is 2. The Hall–Kier alpha value is -3.54. The molecule has 1 aliphatic rings. The monoisotopic (exact) mass is 464 g/mol. The van der Waals surface area contributed by atoms with Gasteiger partial charge in [0.1, 0.15) is 5.75 Å². The molecule has 0 radical (unpaired) electrons. The molecular weight excluding hydrogens is 447 g/mol. The SMILES string of the molecule is COc1ccc(/C=C2\C=C(c3ccc(Cl)c(Cl)c3)N(C(=O)c3ccccc3)NC2=O)cc1. The highest BCUT2D eigenvalue weighted by Gasteiger charge is 2.29. The van der Waals surface area contributed by atoms with E-state index in [-0.39, 0.29) is 5.91 Å². The van der Waals surface area contributed by atoms with E-state index in [9.17, 15) is 9.59 Å². The van der Waals surface area contributed by atoms with Crippen LogP contribution in [0.2, 0.25) is 10.0 Å². The van der Waals surface area contributed by atoms with Gasteiger partial charge in [-0.05, 0) is 54.1 Å². The van der Waals surface area contributed by atoms with E-state index in [4.69, 9.17) is 27.9 Å². The first-order valence-corrected chi connectivity index (χ1v) is 10.5. The molecule has 1 N–H and O–H groups in total. The number of nitrogens with zero attached hydrogens (tertiary/aromatic N) is 1. The number of benzene rings is 3. The third kappa shape index (κ3) is 4.54. The van der Waals surface area contributed by atoms with Crippen molar-refractivity contribution in [1.29, 1.82) is 0 Å². The molecule has 0 unspecified atom stereocenters. The highest BCUT2D eigenvalue weighted by molar-refractivity contribution is 6.42. The van der Waals surface area contributed by atoms with Crippen molar-refractivity contribution in [2.24, 2.45) is 0 Å². The Labute approximate surface area is 195 Å². The molecule has 1 heterocycles. The van der Waals surface area contributed by atoms with Gasteiger partial charge in [-0.15, -0.1) is 0 Å². The van der Waals surface area contributed by atoms with Crippen molar-refractivity contribution in [2.45, 2.75) is 0 Å². The van der Waals surface area contributed by atoms with Gasteiger partial charge in [0.25, 0.3) is 11.8 Å². The summed E-state index contributed by atoms with van der Waals surface area (Å²) in [4.78, 5) is 26.1. The van der Waals surface area contributed by atoms with Crippen molar-refractivity contribution in [3.8, 4) is 5.75 Å². The van der Waals surface area contributed by atoms with Gasteiger partial charge in [-0.2, -0.15) is 0 Å². The molecule has 3 aromatic rings. The predicted octanol–water partition coefficient (Wildman–Crippen LogP) is 5.61. The molecule has 160 valence electrons. The number of nitrogens with one attached hydrogen (secondary N) is 1. The van der Waals surface area contributed by atoms with Crippen molar-refractivity contribution in [2.75, 3.05) is 7.11 Å². The van der Waals surface area contributed by atoms with E-state index in [0.29, 0.717) is 38.2 Å². The maximum absolute atomic E-state index is 13.2. The minimum atomic E-state index is -0.408. The molecule has 1 aliphatic heterocycles. The Morgan fingerprint density at radius 2 is 1.69 bits per heavy atom. The van der Waals surface area contributed by atoms with Crippen LogP contribution in [0.1, 0.15) is 21.5 Å². The fourth-order valence-electron chi connectivity index (χ4n) is 3.23. The lowest BCUT2D eigenvalue weighted by Gasteiger charge is -2.30. The van der Waals surface area contributed by atoms with Crippen LogP contribution in [-0.4, -0.2) is 23.9 Å². The fraction of sp³-hybridized carbons (Fsp3) is 0.0400. The van der Waals surface area contributed by atoms with Gasteiger partial charge in [0.05, 0.1) is 22.9 Å². The normalized spacial score (nSPS) is 14.7. The molecule has 0 saturated carbocycles. The molecule has 0 aromatic heterocycles. The fourth-order valence-corrected chi connectivity index (χ4v) is 3.53. The minimum Gasteiger partial charge on any atom is -0.497 e. The number of hydrogen-bond acceptors (Lipinski definition) is 3. The number of amides is 2. The third-order valence-electron chi connectivity index (χ3n) is 4.89. The summed E-state index contributed by atoms with van der Waals surface area (Å²) >= 11 is 12.3. The largest absolute Gasteiger partial charge is 0.497 e. The first-order chi connectivity index (χ1) is 15.5. The van der Waals surface area contributed by atoms with Crippen molar-refractivity contribution < 1.29 is 14.3 Å². The zero-order chi connectivity index (χ0) is 22.7. The summed E-state index contributed by atoms with van der Waals surface area (Å²) < 4.78 is 5.18. The number of halogens is 2. The Bertz CT molecular complexity index is 1240. The van der Waals surface area contributed by atoms with Gasteiger partial charge in [-0.3, -0.25) is 15.0 Å². The second-order valence-corrected chi connectivity index (χ2v) is 7.79. The molecule has 2 amide bonds. The molecule has 5 nitrogen and oxygen atoms in total. The average Bonchev–Trinajstić information content (AvgIpc) is 2.82. The second kappa shape index (κ2) is 9.30. The van der Waals surface area contributed by atoms with Crippen molar-refractivity contribution in [3.63, 3.8) is 0 Å². The van der Waals surface area contributed by atoms with Gasteiger partial charge >= 0.3 is 0 Å². The van der Waals surface area contributed by atoms with Gasteiger partial charge in [0.2, 0.25) is 0 Å². The summed E-state index contributed by atoms with van der Waals surface area (Å²) in [6.45, 7) is 0. The van der Waals surface area contributed by atoms with Crippen LogP contribution in [0.5, 0.6) is 5.75 Å². The number of ether oxygens (including phenoxy) is 1. The maximum atomic E-state index is 13.2. The lowest BCUT2D eigenvalue weighted by molar-refractivity contribution is -0.120.